The average molecular weight is 444 g/mol. The third-order valence-corrected chi connectivity index (χ3v) is 5.41. The lowest BCUT2D eigenvalue weighted by Crippen LogP contribution is -2.58. The standard InChI is InChI=1S/C19H32N4O8/c1-3-10(2)15(17(28)21-12(19(30)31)6-7-14(25)26)22-16(27)13-5-4-8-23(13)18(29)11(20)9-24/h10-13,15,24H,3-9,20H2,1-2H3,(H,21,28)(H,22,27)(H,25,26)(H,30,31). The Morgan fingerprint density at radius 3 is 2.32 bits per heavy atom. The third kappa shape index (κ3) is 7.47. The quantitative estimate of drug-likeness (QED) is 0.202. The van der Waals surface area contributed by atoms with Crippen LogP contribution in [0, 0.1) is 5.92 Å². The van der Waals surface area contributed by atoms with Gasteiger partial charge in [0.1, 0.15) is 24.2 Å². The Balaban J connectivity index is 2.92. The summed E-state index contributed by atoms with van der Waals surface area (Å²) < 4.78 is 0. The molecule has 176 valence electrons. The first-order valence-corrected chi connectivity index (χ1v) is 10.3. The van der Waals surface area contributed by atoms with Crippen LogP contribution in [0.5, 0.6) is 0 Å². The number of nitrogens with two attached hydrogens (primary N) is 1. The molecule has 0 aromatic rings. The van der Waals surface area contributed by atoms with Gasteiger partial charge in [0, 0.05) is 13.0 Å². The van der Waals surface area contributed by atoms with Crippen LogP contribution in [-0.2, 0) is 24.0 Å². The van der Waals surface area contributed by atoms with Crippen LogP contribution < -0.4 is 16.4 Å². The molecule has 5 unspecified atom stereocenters. The zero-order valence-corrected chi connectivity index (χ0v) is 17.7. The second-order valence-corrected chi connectivity index (χ2v) is 7.68. The van der Waals surface area contributed by atoms with E-state index in [0.29, 0.717) is 25.8 Å². The van der Waals surface area contributed by atoms with Crippen molar-refractivity contribution in [2.24, 2.45) is 11.7 Å². The normalized spacial score (nSPS) is 19.7. The molecule has 0 aromatic carbocycles. The van der Waals surface area contributed by atoms with E-state index < -0.39 is 66.9 Å². The Morgan fingerprint density at radius 2 is 1.81 bits per heavy atom. The Kier molecular flexibility index (Phi) is 10.4. The minimum absolute atomic E-state index is 0.293. The molecule has 12 heteroatoms. The molecule has 0 aromatic heterocycles. The summed E-state index contributed by atoms with van der Waals surface area (Å²) in [5, 5.41) is 32.0. The highest BCUT2D eigenvalue weighted by Crippen LogP contribution is 2.19. The predicted molar refractivity (Wildman–Crippen MR) is 108 cm³/mol. The molecule has 3 amide bonds. The van der Waals surface area contributed by atoms with Gasteiger partial charge in [0.15, 0.2) is 0 Å². The molecule has 1 aliphatic rings. The number of aliphatic carboxylic acids is 2. The van der Waals surface area contributed by atoms with Gasteiger partial charge in [-0.2, -0.15) is 0 Å². The van der Waals surface area contributed by atoms with Gasteiger partial charge in [0.2, 0.25) is 17.7 Å². The average Bonchev–Trinajstić information content (AvgIpc) is 3.22. The van der Waals surface area contributed by atoms with E-state index in [0.717, 1.165) is 0 Å². The van der Waals surface area contributed by atoms with Crippen molar-refractivity contribution in [1.82, 2.24) is 15.5 Å². The van der Waals surface area contributed by atoms with E-state index >= 15 is 0 Å². The first-order chi connectivity index (χ1) is 14.5. The molecule has 1 saturated heterocycles. The van der Waals surface area contributed by atoms with Crippen molar-refractivity contribution in [2.45, 2.75) is 70.1 Å². The molecule has 1 aliphatic heterocycles. The van der Waals surface area contributed by atoms with Crippen LogP contribution in [0.25, 0.3) is 0 Å². The molecule has 1 heterocycles. The minimum atomic E-state index is -1.42. The van der Waals surface area contributed by atoms with Gasteiger partial charge in [-0.1, -0.05) is 20.3 Å². The number of hydrogen-bond donors (Lipinski definition) is 6. The second kappa shape index (κ2) is 12.2. The number of nitrogens with one attached hydrogen (secondary N) is 2. The van der Waals surface area contributed by atoms with E-state index in [9.17, 15) is 29.1 Å². The number of aliphatic hydroxyl groups excluding tert-OH is 1. The summed E-state index contributed by atoms with van der Waals surface area (Å²) in [6.07, 6.45) is 0.663. The maximum Gasteiger partial charge on any atom is 0.326 e. The van der Waals surface area contributed by atoms with E-state index in [1.165, 1.54) is 4.90 Å². The fourth-order valence-electron chi connectivity index (χ4n) is 3.33. The minimum Gasteiger partial charge on any atom is -0.481 e. The van der Waals surface area contributed by atoms with Gasteiger partial charge in [0.05, 0.1) is 6.61 Å². The van der Waals surface area contributed by atoms with Crippen molar-refractivity contribution in [1.29, 1.82) is 0 Å². The SMILES string of the molecule is CCC(C)C(NC(=O)C1CCCN1C(=O)C(N)CO)C(=O)NC(CCC(=O)O)C(=O)O. The number of nitrogens with zero attached hydrogens (tertiary/aromatic N) is 1. The van der Waals surface area contributed by atoms with Crippen LogP contribution in [0.15, 0.2) is 0 Å². The first kappa shape index (κ1) is 26.3. The molecule has 1 rings (SSSR count). The maximum atomic E-state index is 12.9. The molecule has 1 fully saturated rings. The Hall–Kier alpha value is -2.73. The van der Waals surface area contributed by atoms with Gasteiger partial charge >= 0.3 is 11.9 Å². The highest BCUT2D eigenvalue weighted by molar-refractivity contribution is 5.94. The van der Waals surface area contributed by atoms with Crippen LogP contribution in [0.1, 0.15) is 46.0 Å². The molecule has 5 atom stereocenters. The third-order valence-electron chi connectivity index (χ3n) is 5.41. The first-order valence-electron chi connectivity index (χ1n) is 10.3. The summed E-state index contributed by atoms with van der Waals surface area (Å²) >= 11 is 0. The molecular formula is C19H32N4O8. The van der Waals surface area contributed by atoms with E-state index in [-0.39, 0.29) is 12.3 Å². The van der Waals surface area contributed by atoms with Crippen molar-refractivity contribution in [3.05, 3.63) is 0 Å². The van der Waals surface area contributed by atoms with E-state index in [4.69, 9.17) is 15.9 Å². The van der Waals surface area contributed by atoms with Crippen molar-refractivity contribution < 1.29 is 39.3 Å². The van der Waals surface area contributed by atoms with Gasteiger partial charge in [-0.15, -0.1) is 0 Å². The Labute approximate surface area is 180 Å². The highest BCUT2D eigenvalue weighted by Gasteiger charge is 2.38. The van der Waals surface area contributed by atoms with Crippen molar-refractivity contribution >= 4 is 29.7 Å². The Morgan fingerprint density at radius 1 is 1.16 bits per heavy atom. The molecule has 0 saturated carbocycles. The van der Waals surface area contributed by atoms with Gasteiger partial charge in [-0.05, 0) is 25.2 Å². The predicted octanol–water partition coefficient (Wildman–Crippen LogP) is -1.74. The molecule has 0 radical (unpaired) electrons. The van der Waals surface area contributed by atoms with Crippen LogP contribution >= 0.6 is 0 Å². The molecule has 0 spiro atoms. The summed E-state index contributed by atoms with van der Waals surface area (Å²) in [5.74, 6) is -4.82. The second-order valence-electron chi connectivity index (χ2n) is 7.68. The van der Waals surface area contributed by atoms with E-state index in [1.807, 2.05) is 0 Å². The Bertz CT molecular complexity index is 686. The molecule has 31 heavy (non-hydrogen) atoms. The van der Waals surface area contributed by atoms with Crippen molar-refractivity contribution in [3.63, 3.8) is 0 Å². The van der Waals surface area contributed by atoms with Crippen molar-refractivity contribution in [2.75, 3.05) is 13.2 Å². The maximum absolute atomic E-state index is 12.9. The van der Waals surface area contributed by atoms with Gasteiger partial charge in [0.25, 0.3) is 0 Å². The number of carbonyl (C=O) groups excluding carboxylic acids is 3. The fourth-order valence-corrected chi connectivity index (χ4v) is 3.33. The topological polar surface area (TPSA) is 199 Å². The van der Waals surface area contributed by atoms with Crippen LogP contribution in [0.4, 0.5) is 0 Å². The van der Waals surface area contributed by atoms with Crippen LogP contribution in [0.2, 0.25) is 0 Å². The summed E-state index contributed by atoms with van der Waals surface area (Å²) in [4.78, 5) is 61.3. The number of rotatable bonds is 12. The number of amides is 3. The zero-order valence-electron chi connectivity index (χ0n) is 17.7. The molecule has 12 nitrogen and oxygen atoms in total. The lowest BCUT2D eigenvalue weighted by molar-refractivity contribution is -0.144. The fraction of sp³-hybridized carbons (Fsp3) is 0.737. The lowest BCUT2D eigenvalue weighted by Gasteiger charge is -2.30. The molecule has 7 N–H and O–H groups in total. The molecular weight excluding hydrogens is 412 g/mol. The van der Waals surface area contributed by atoms with E-state index in [1.54, 1.807) is 13.8 Å². The largest absolute Gasteiger partial charge is 0.481 e. The summed E-state index contributed by atoms with van der Waals surface area (Å²) in [6.45, 7) is 3.23. The van der Waals surface area contributed by atoms with Gasteiger partial charge in [-0.25, -0.2) is 4.79 Å². The monoisotopic (exact) mass is 444 g/mol. The number of carbonyl (C=O) groups is 5. The van der Waals surface area contributed by atoms with Crippen LogP contribution in [-0.4, -0.2) is 87.2 Å². The number of aliphatic hydroxyl groups is 1. The summed E-state index contributed by atoms with van der Waals surface area (Å²) in [5.41, 5.74) is 5.58. The van der Waals surface area contributed by atoms with Crippen molar-refractivity contribution in [3.8, 4) is 0 Å². The summed E-state index contributed by atoms with van der Waals surface area (Å²) in [6, 6.07) is -4.49. The van der Waals surface area contributed by atoms with Crippen LogP contribution in [0.3, 0.4) is 0 Å². The highest BCUT2D eigenvalue weighted by atomic mass is 16.4. The van der Waals surface area contributed by atoms with Gasteiger partial charge in [-0.3, -0.25) is 19.2 Å². The zero-order chi connectivity index (χ0) is 23.7. The van der Waals surface area contributed by atoms with Gasteiger partial charge < -0.3 is 36.6 Å². The summed E-state index contributed by atoms with van der Waals surface area (Å²) in [7, 11) is 0. The number of carboxylic acids is 2. The smallest absolute Gasteiger partial charge is 0.326 e. The lowest BCUT2D eigenvalue weighted by atomic mass is 9.97. The number of hydrogen-bond acceptors (Lipinski definition) is 7. The molecule has 0 bridgehead atoms. The number of carboxylic acid groups (broad SMARTS) is 2. The molecule has 0 aliphatic carbocycles. The number of likely N-dealkylation sites (tertiary alicyclic amines) is 1. The van der Waals surface area contributed by atoms with E-state index in [2.05, 4.69) is 10.6 Å².